The summed E-state index contributed by atoms with van der Waals surface area (Å²) in [6, 6.07) is 9.46. The van der Waals surface area contributed by atoms with E-state index in [-0.39, 0.29) is 5.91 Å². The number of hydrazine groups is 1. The molecule has 0 spiro atoms. The van der Waals surface area contributed by atoms with Gasteiger partial charge in [-0.05, 0) is 37.8 Å². The maximum atomic E-state index is 12.6. The fourth-order valence-corrected chi connectivity index (χ4v) is 2.67. The van der Waals surface area contributed by atoms with Crippen LogP contribution in [0.15, 0.2) is 30.3 Å². The molecule has 1 heterocycles. The average Bonchev–Trinajstić information content (AvgIpc) is 2.56. The summed E-state index contributed by atoms with van der Waals surface area (Å²) < 4.78 is 0. The molecule has 128 valence electrons. The van der Waals surface area contributed by atoms with Gasteiger partial charge in [-0.1, -0.05) is 30.3 Å². The Balaban J connectivity index is 1.87. The molecule has 23 heavy (non-hydrogen) atoms. The molecule has 6 heteroatoms. The van der Waals surface area contributed by atoms with Crippen LogP contribution in [0.5, 0.6) is 0 Å². The van der Waals surface area contributed by atoms with E-state index in [0.717, 1.165) is 44.5 Å². The Kier molecular flexibility index (Phi) is 8.03. The molecule has 1 aromatic rings. The van der Waals surface area contributed by atoms with Crippen molar-refractivity contribution >= 4 is 5.91 Å². The highest BCUT2D eigenvalue weighted by atomic mass is 16.2. The first-order valence-electron chi connectivity index (χ1n) is 8.52. The van der Waals surface area contributed by atoms with Crippen molar-refractivity contribution in [2.75, 3.05) is 32.8 Å². The Bertz CT molecular complexity index is 442. The zero-order valence-electron chi connectivity index (χ0n) is 13.8. The summed E-state index contributed by atoms with van der Waals surface area (Å²) >= 11 is 0. The van der Waals surface area contributed by atoms with E-state index in [2.05, 4.69) is 16.2 Å². The molecule has 1 aliphatic heterocycles. The number of nitrogens with zero attached hydrogens (tertiary/aromatic N) is 1. The number of nitrogens with one attached hydrogen (secondary N) is 3. The van der Waals surface area contributed by atoms with Gasteiger partial charge < -0.3 is 10.6 Å². The van der Waals surface area contributed by atoms with E-state index in [1.54, 1.807) is 0 Å². The quantitative estimate of drug-likeness (QED) is 0.640. The highest BCUT2D eigenvalue weighted by Gasteiger charge is 2.20. The Morgan fingerprint density at radius 2 is 1.78 bits per heavy atom. The number of amides is 1. The summed E-state index contributed by atoms with van der Waals surface area (Å²) in [4.78, 5) is 14.5. The van der Waals surface area contributed by atoms with E-state index < -0.39 is 6.04 Å². The molecular formula is C17H29N5O. The van der Waals surface area contributed by atoms with E-state index in [1.165, 1.54) is 0 Å². The topological polar surface area (TPSA) is 82.4 Å². The van der Waals surface area contributed by atoms with Crippen molar-refractivity contribution in [3.05, 3.63) is 35.9 Å². The van der Waals surface area contributed by atoms with Crippen LogP contribution in [-0.4, -0.2) is 49.7 Å². The monoisotopic (exact) mass is 319 g/mol. The summed E-state index contributed by atoms with van der Waals surface area (Å²) in [5.41, 5.74) is 13.6. The zero-order valence-corrected chi connectivity index (χ0v) is 13.8. The third-order valence-electron chi connectivity index (χ3n) is 3.99. The van der Waals surface area contributed by atoms with Gasteiger partial charge in [0.2, 0.25) is 5.91 Å². The van der Waals surface area contributed by atoms with Crippen LogP contribution in [-0.2, 0) is 11.2 Å². The largest absolute Gasteiger partial charge is 0.329 e. The second-order valence-electron chi connectivity index (χ2n) is 5.97. The van der Waals surface area contributed by atoms with Crippen molar-refractivity contribution in [2.45, 2.75) is 31.7 Å². The average molecular weight is 319 g/mol. The van der Waals surface area contributed by atoms with Gasteiger partial charge in [0, 0.05) is 19.6 Å². The van der Waals surface area contributed by atoms with Gasteiger partial charge in [-0.25, -0.2) is 0 Å². The summed E-state index contributed by atoms with van der Waals surface area (Å²) in [5, 5.41) is 3.35. The molecule has 2 rings (SSSR count). The maximum Gasteiger partial charge on any atom is 0.240 e. The molecule has 1 aromatic carbocycles. The molecule has 1 amide bonds. The summed E-state index contributed by atoms with van der Waals surface area (Å²) in [5.74, 6) is 0.0198. The van der Waals surface area contributed by atoms with E-state index >= 15 is 0 Å². The Labute approximate surface area is 138 Å². The van der Waals surface area contributed by atoms with Crippen LogP contribution in [0.2, 0.25) is 0 Å². The second-order valence-corrected chi connectivity index (χ2v) is 5.97. The molecule has 0 unspecified atom stereocenters. The lowest BCUT2D eigenvalue weighted by molar-refractivity contribution is -0.133. The Morgan fingerprint density at radius 3 is 2.57 bits per heavy atom. The minimum Gasteiger partial charge on any atom is -0.329 e. The van der Waals surface area contributed by atoms with Crippen LogP contribution in [0.4, 0.5) is 0 Å². The first kappa shape index (κ1) is 17.9. The van der Waals surface area contributed by atoms with Crippen molar-refractivity contribution < 1.29 is 4.79 Å². The number of nitrogens with two attached hydrogens (primary N) is 1. The van der Waals surface area contributed by atoms with Crippen molar-refractivity contribution in [2.24, 2.45) is 5.73 Å². The molecule has 0 saturated carbocycles. The van der Waals surface area contributed by atoms with Crippen LogP contribution in [0.3, 0.4) is 0 Å². The van der Waals surface area contributed by atoms with Crippen LogP contribution in [0.25, 0.3) is 0 Å². The number of carbonyl (C=O) groups is 1. The van der Waals surface area contributed by atoms with E-state index in [0.29, 0.717) is 19.6 Å². The van der Waals surface area contributed by atoms with E-state index in [1.807, 2.05) is 35.2 Å². The van der Waals surface area contributed by atoms with Crippen molar-refractivity contribution in [3.8, 4) is 0 Å². The van der Waals surface area contributed by atoms with E-state index in [9.17, 15) is 4.79 Å². The molecule has 5 N–H and O–H groups in total. The highest BCUT2D eigenvalue weighted by Crippen LogP contribution is 2.05. The van der Waals surface area contributed by atoms with Gasteiger partial charge in [0.1, 0.15) is 0 Å². The first-order valence-corrected chi connectivity index (χ1v) is 8.52. The lowest BCUT2D eigenvalue weighted by Crippen LogP contribution is -2.49. The smallest absolute Gasteiger partial charge is 0.240 e. The fourth-order valence-electron chi connectivity index (χ4n) is 2.67. The zero-order chi connectivity index (χ0) is 16.3. The summed E-state index contributed by atoms with van der Waals surface area (Å²) in [7, 11) is 0. The molecule has 0 aromatic heterocycles. The fraction of sp³-hybridized carbons (Fsp3) is 0.588. The SMILES string of the molecule is N[C@@H](Cc1ccccc1)C(=O)N1CCCNNCCCCNC1. The molecule has 1 fully saturated rings. The van der Waals surface area contributed by atoms with Gasteiger partial charge in [-0.2, -0.15) is 0 Å². The number of carbonyl (C=O) groups excluding carboxylic acids is 1. The number of benzene rings is 1. The molecule has 1 atom stereocenters. The van der Waals surface area contributed by atoms with Crippen LogP contribution in [0.1, 0.15) is 24.8 Å². The van der Waals surface area contributed by atoms with Gasteiger partial charge in [-0.15, -0.1) is 0 Å². The van der Waals surface area contributed by atoms with E-state index in [4.69, 9.17) is 5.73 Å². The predicted molar refractivity (Wildman–Crippen MR) is 92.6 cm³/mol. The van der Waals surface area contributed by atoms with Crippen molar-refractivity contribution in [1.82, 2.24) is 21.1 Å². The first-order chi connectivity index (χ1) is 11.3. The molecule has 0 radical (unpaired) electrons. The Morgan fingerprint density at radius 1 is 1.09 bits per heavy atom. The highest BCUT2D eigenvalue weighted by molar-refractivity contribution is 5.82. The third kappa shape index (κ3) is 6.66. The molecule has 6 nitrogen and oxygen atoms in total. The van der Waals surface area contributed by atoms with Crippen LogP contribution in [0, 0.1) is 0 Å². The molecule has 0 bridgehead atoms. The van der Waals surface area contributed by atoms with Gasteiger partial charge in [0.05, 0.1) is 12.7 Å². The Hall–Kier alpha value is -1.47. The molecular weight excluding hydrogens is 290 g/mol. The van der Waals surface area contributed by atoms with Crippen molar-refractivity contribution in [3.63, 3.8) is 0 Å². The van der Waals surface area contributed by atoms with Crippen LogP contribution < -0.4 is 21.9 Å². The minimum atomic E-state index is -0.488. The van der Waals surface area contributed by atoms with Gasteiger partial charge in [-0.3, -0.25) is 21.0 Å². The third-order valence-corrected chi connectivity index (χ3v) is 3.99. The van der Waals surface area contributed by atoms with Gasteiger partial charge >= 0.3 is 0 Å². The predicted octanol–water partition coefficient (Wildman–Crippen LogP) is 0.210. The lowest BCUT2D eigenvalue weighted by Gasteiger charge is -2.27. The second kappa shape index (κ2) is 10.3. The lowest BCUT2D eigenvalue weighted by atomic mass is 10.1. The number of hydrogen-bond donors (Lipinski definition) is 4. The van der Waals surface area contributed by atoms with Crippen LogP contribution >= 0.6 is 0 Å². The van der Waals surface area contributed by atoms with Gasteiger partial charge in [0.15, 0.2) is 0 Å². The number of rotatable bonds is 3. The van der Waals surface area contributed by atoms with Gasteiger partial charge in [0.25, 0.3) is 0 Å². The standard InChI is InChI=1S/C17H29N5O/c18-16(13-15-7-2-1-3-8-15)17(23)22-12-6-11-21-20-10-5-4-9-19-14-22/h1-3,7-8,16,19-21H,4-6,9-14,18H2/t16-/m0/s1. The summed E-state index contributed by atoms with van der Waals surface area (Å²) in [6.07, 6.45) is 3.68. The van der Waals surface area contributed by atoms with Crippen molar-refractivity contribution in [1.29, 1.82) is 0 Å². The molecule has 0 aliphatic carbocycles. The summed E-state index contributed by atoms with van der Waals surface area (Å²) in [6.45, 7) is 4.03. The minimum absolute atomic E-state index is 0.0198. The molecule has 1 saturated heterocycles. The maximum absolute atomic E-state index is 12.6. The number of hydrogen-bond acceptors (Lipinski definition) is 5. The molecule has 1 aliphatic rings. The normalized spacial score (nSPS) is 19.4.